The summed E-state index contributed by atoms with van der Waals surface area (Å²) >= 11 is 0. The van der Waals surface area contributed by atoms with Crippen LogP contribution in [0.4, 0.5) is 0 Å². The Hall–Kier alpha value is -0.860. The Morgan fingerprint density at radius 3 is 1.91 bits per heavy atom. The largest absolute Gasteiger partial charge is 0.396 e. The Balaban J connectivity index is 0. The number of allylic oxidation sites excluding steroid dienone is 4. The Morgan fingerprint density at radius 2 is 1.41 bits per heavy atom. The van der Waals surface area contributed by atoms with E-state index in [1.165, 1.54) is 43.3 Å². The molecule has 0 bridgehead atoms. The summed E-state index contributed by atoms with van der Waals surface area (Å²) in [5, 5.41) is 17.0. The molecule has 0 aromatic carbocycles. The first-order valence-corrected chi connectivity index (χ1v) is 8.70. The molecule has 0 aromatic rings. The monoisotopic (exact) mass is 310 g/mol. The summed E-state index contributed by atoms with van der Waals surface area (Å²) < 4.78 is 0. The number of aliphatic hydroxyl groups is 2. The third-order valence-electron chi connectivity index (χ3n) is 3.35. The Labute approximate surface area is 138 Å². The average Bonchev–Trinajstić information content (AvgIpc) is 2.47. The molecule has 130 valence electrons. The normalized spacial score (nSPS) is 10.7. The zero-order valence-corrected chi connectivity index (χ0v) is 15.1. The summed E-state index contributed by atoms with van der Waals surface area (Å²) in [7, 11) is 0. The van der Waals surface area contributed by atoms with E-state index >= 15 is 0 Å². The van der Waals surface area contributed by atoms with Gasteiger partial charge in [-0.1, -0.05) is 55.1 Å². The minimum absolute atomic E-state index is 0.167. The van der Waals surface area contributed by atoms with Crippen LogP contribution >= 0.6 is 0 Å². The van der Waals surface area contributed by atoms with Gasteiger partial charge >= 0.3 is 0 Å². The molecule has 0 spiro atoms. The van der Waals surface area contributed by atoms with Gasteiger partial charge in [-0.15, -0.1) is 6.58 Å². The number of hydrogen-bond donors (Lipinski definition) is 2. The van der Waals surface area contributed by atoms with Crippen LogP contribution in [0.1, 0.15) is 78.6 Å². The summed E-state index contributed by atoms with van der Waals surface area (Å²) in [6.45, 7) is 10.5. The first-order valence-electron chi connectivity index (χ1n) is 8.70. The first-order chi connectivity index (χ1) is 10.6. The van der Waals surface area contributed by atoms with E-state index in [2.05, 4.69) is 33.4 Å². The highest BCUT2D eigenvalue weighted by Crippen LogP contribution is 2.07. The van der Waals surface area contributed by atoms with Gasteiger partial charge in [-0.25, -0.2) is 0 Å². The molecule has 2 nitrogen and oxygen atoms in total. The van der Waals surface area contributed by atoms with Crippen LogP contribution in [0.3, 0.4) is 0 Å². The smallest absolute Gasteiger partial charge is 0.0614 e. The quantitative estimate of drug-likeness (QED) is 0.365. The van der Waals surface area contributed by atoms with Crippen molar-refractivity contribution in [2.75, 3.05) is 13.2 Å². The minimum Gasteiger partial charge on any atom is -0.396 e. The summed E-state index contributed by atoms with van der Waals surface area (Å²) in [4.78, 5) is 0. The van der Waals surface area contributed by atoms with Crippen molar-refractivity contribution in [3.63, 3.8) is 0 Å². The second-order valence-electron chi connectivity index (χ2n) is 5.98. The molecule has 0 saturated heterocycles. The number of hydrogen-bond acceptors (Lipinski definition) is 2. The Kier molecular flexibility index (Phi) is 21.4. The van der Waals surface area contributed by atoms with E-state index in [4.69, 9.17) is 10.2 Å². The molecule has 2 heteroatoms. The summed E-state index contributed by atoms with van der Waals surface area (Å²) in [5.41, 5.74) is 2.63. The van der Waals surface area contributed by atoms with Crippen molar-refractivity contribution in [2.24, 2.45) is 0 Å². The fourth-order valence-corrected chi connectivity index (χ4v) is 1.95. The van der Waals surface area contributed by atoms with Crippen molar-refractivity contribution >= 4 is 0 Å². The van der Waals surface area contributed by atoms with E-state index < -0.39 is 0 Å². The Bertz CT molecular complexity index is 286. The van der Waals surface area contributed by atoms with Crippen molar-refractivity contribution in [2.45, 2.75) is 78.6 Å². The molecule has 0 aliphatic rings. The second-order valence-corrected chi connectivity index (χ2v) is 5.98. The molecule has 0 rings (SSSR count). The van der Waals surface area contributed by atoms with Gasteiger partial charge in [0.1, 0.15) is 0 Å². The molecule has 0 radical (unpaired) electrons. The zero-order chi connectivity index (χ0) is 17.1. The van der Waals surface area contributed by atoms with E-state index in [0.717, 1.165) is 25.7 Å². The van der Waals surface area contributed by atoms with E-state index in [1.54, 1.807) is 0 Å². The van der Waals surface area contributed by atoms with Crippen LogP contribution in [0.25, 0.3) is 0 Å². The third-order valence-corrected chi connectivity index (χ3v) is 3.35. The summed E-state index contributed by atoms with van der Waals surface area (Å²) in [5.74, 6) is 0. The van der Waals surface area contributed by atoms with E-state index in [-0.39, 0.29) is 6.61 Å². The van der Waals surface area contributed by atoms with Gasteiger partial charge in [0.05, 0.1) is 6.61 Å². The fourth-order valence-electron chi connectivity index (χ4n) is 1.95. The third kappa shape index (κ3) is 24.2. The Morgan fingerprint density at radius 1 is 0.818 bits per heavy atom. The number of rotatable bonds is 12. The van der Waals surface area contributed by atoms with Gasteiger partial charge in [0.25, 0.3) is 0 Å². The molecule has 0 saturated carbocycles. The average molecular weight is 311 g/mol. The molecular weight excluding hydrogens is 272 g/mol. The molecule has 0 amide bonds. The van der Waals surface area contributed by atoms with Crippen molar-refractivity contribution in [1.82, 2.24) is 0 Å². The van der Waals surface area contributed by atoms with Crippen molar-refractivity contribution in [3.05, 3.63) is 36.0 Å². The van der Waals surface area contributed by atoms with Crippen molar-refractivity contribution in [1.29, 1.82) is 0 Å². The highest BCUT2D eigenvalue weighted by Gasteiger charge is 1.88. The van der Waals surface area contributed by atoms with E-state index in [0.29, 0.717) is 6.61 Å². The van der Waals surface area contributed by atoms with Crippen LogP contribution in [0.5, 0.6) is 0 Å². The van der Waals surface area contributed by atoms with Crippen LogP contribution in [0.2, 0.25) is 0 Å². The summed E-state index contributed by atoms with van der Waals surface area (Å²) in [6.07, 6.45) is 16.7. The molecule has 0 heterocycles. The van der Waals surface area contributed by atoms with Gasteiger partial charge in [0.2, 0.25) is 0 Å². The fraction of sp³-hybridized carbons (Fsp3) is 0.700. The van der Waals surface area contributed by atoms with Gasteiger partial charge in [-0.3, -0.25) is 0 Å². The summed E-state index contributed by atoms with van der Waals surface area (Å²) in [6, 6.07) is 0. The van der Waals surface area contributed by atoms with E-state index in [9.17, 15) is 0 Å². The van der Waals surface area contributed by atoms with Crippen molar-refractivity contribution in [3.8, 4) is 0 Å². The lowest BCUT2D eigenvalue weighted by Gasteiger charge is -1.97. The van der Waals surface area contributed by atoms with Crippen LogP contribution < -0.4 is 0 Å². The predicted molar refractivity (Wildman–Crippen MR) is 99.1 cm³/mol. The van der Waals surface area contributed by atoms with Gasteiger partial charge < -0.3 is 10.2 Å². The maximum Gasteiger partial charge on any atom is 0.0614 e. The topological polar surface area (TPSA) is 40.5 Å². The molecule has 0 fully saturated rings. The van der Waals surface area contributed by atoms with E-state index in [1.807, 2.05) is 12.2 Å². The molecule has 0 unspecified atom stereocenters. The highest BCUT2D eigenvalue weighted by atomic mass is 16.3. The highest BCUT2D eigenvalue weighted by molar-refractivity contribution is 5.01. The second kappa shape index (κ2) is 20.1. The lowest BCUT2D eigenvalue weighted by Crippen LogP contribution is -1.83. The van der Waals surface area contributed by atoms with Gasteiger partial charge in [-0.05, 0) is 52.9 Å². The van der Waals surface area contributed by atoms with Gasteiger partial charge in [-0.2, -0.15) is 0 Å². The first kappa shape index (κ1) is 23.4. The molecule has 2 N–H and O–H groups in total. The van der Waals surface area contributed by atoms with Crippen LogP contribution in [-0.4, -0.2) is 23.4 Å². The van der Waals surface area contributed by atoms with Crippen LogP contribution in [0.15, 0.2) is 36.0 Å². The van der Waals surface area contributed by atoms with Crippen molar-refractivity contribution < 1.29 is 10.2 Å². The molecule has 0 aliphatic carbocycles. The number of unbranched alkanes of at least 4 members (excludes halogenated alkanes) is 6. The van der Waals surface area contributed by atoms with Crippen LogP contribution in [-0.2, 0) is 0 Å². The van der Waals surface area contributed by atoms with Gasteiger partial charge in [0, 0.05) is 6.61 Å². The molecule has 0 aromatic heterocycles. The minimum atomic E-state index is 0.167. The zero-order valence-electron chi connectivity index (χ0n) is 15.1. The van der Waals surface area contributed by atoms with Crippen LogP contribution in [0, 0.1) is 0 Å². The standard InChI is InChI=1S/C10H18O.C10H20O/c1-9(2)5-4-6-10(3)7-8-11;1-2-3-4-5-6-7-8-9-10-11/h5,7,11H,4,6,8H2,1-3H3;2,11H,1,3-10H2/b10-7+;. The van der Waals surface area contributed by atoms with Gasteiger partial charge in [0.15, 0.2) is 0 Å². The maximum atomic E-state index is 8.55. The molecular formula is C20H38O2. The predicted octanol–water partition coefficient (Wildman–Crippen LogP) is 5.57. The molecule has 22 heavy (non-hydrogen) atoms. The maximum absolute atomic E-state index is 8.55. The SMILES string of the molecule is C=CCCCCCCCCO.CC(C)=CCC/C(C)=C/CO. The lowest BCUT2D eigenvalue weighted by molar-refractivity contribution is 0.282. The lowest BCUT2D eigenvalue weighted by atomic mass is 10.1. The molecule has 0 atom stereocenters. The number of aliphatic hydroxyl groups excluding tert-OH is 2. The molecule has 0 aliphatic heterocycles.